The fourth-order valence-electron chi connectivity index (χ4n) is 3.46. The van der Waals surface area contributed by atoms with Gasteiger partial charge in [0.15, 0.2) is 0 Å². The number of benzene rings is 4. The number of anilines is 1. The fourth-order valence-corrected chi connectivity index (χ4v) is 3.46. The Balaban J connectivity index is 1.29. The van der Waals surface area contributed by atoms with Gasteiger partial charge in [0.05, 0.1) is 5.56 Å². The van der Waals surface area contributed by atoms with Crippen LogP contribution in [0.2, 0.25) is 0 Å². The fraction of sp³-hybridized carbons (Fsp3) is 0.0323. The first-order chi connectivity index (χ1) is 18.9. The van der Waals surface area contributed by atoms with Crippen molar-refractivity contribution in [2.75, 3.05) is 5.32 Å². The van der Waals surface area contributed by atoms with Gasteiger partial charge in [0.1, 0.15) is 5.75 Å². The number of para-hydroxylation sites is 1. The van der Waals surface area contributed by atoms with E-state index in [4.69, 9.17) is 4.74 Å². The number of ether oxygens (including phenoxy) is 1. The topological polar surface area (TPSA) is 114 Å². The van der Waals surface area contributed by atoms with E-state index >= 15 is 0 Å². The standard InChI is InChI=1S/C31H25N3O5/c1-21-11-13-23(14-12-21)29(36)32-26-18-15-24(16-19-26)30(37)34-33-28(35)20-17-22-7-5-6-10-27(22)39-31(38)25-8-3-2-4-9-25/h2-20H,1H3,(H,32,36)(H,33,35)(H,34,37)/b20-17+. The Hall–Kier alpha value is -5.50. The predicted octanol–water partition coefficient (Wildman–Crippen LogP) is 4.94. The van der Waals surface area contributed by atoms with Gasteiger partial charge in [-0.25, -0.2) is 4.79 Å². The van der Waals surface area contributed by atoms with E-state index in [0.29, 0.717) is 22.4 Å². The molecule has 0 aliphatic heterocycles. The summed E-state index contributed by atoms with van der Waals surface area (Å²) < 4.78 is 5.47. The molecule has 0 saturated heterocycles. The van der Waals surface area contributed by atoms with Gasteiger partial charge < -0.3 is 10.1 Å². The number of amides is 3. The van der Waals surface area contributed by atoms with E-state index in [1.165, 1.54) is 24.3 Å². The summed E-state index contributed by atoms with van der Waals surface area (Å²) in [6.45, 7) is 1.94. The van der Waals surface area contributed by atoms with Crippen molar-refractivity contribution in [2.24, 2.45) is 0 Å². The molecular formula is C31H25N3O5. The third-order valence-corrected chi connectivity index (χ3v) is 5.56. The first-order valence-electron chi connectivity index (χ1n) is 12.0. The van der Waals surface area contributed by atoms with Crippen LogP contribution in [-0.2, 0) is 4.79 Å². The molecule has 0 aromatic heterocycles. The Bertz CT molecular complexity index is 1510. The van der Waals surface area contributed by atoms with Crippen molar-refractivity contribution in [2.45, 2.75) is 6.92 Å². The monoisotopic (exact) mass is 519 g/mol. The van der Waals surface area contributed by atoms with Crippen molar-refractivity contribution in [1.29, 1.82) is 0 Å². The minimum Gasteiger partial charge on any atom is -0.422 e. The zero-order valence-electron chi connectivity index (χ0n) is 21.0. The van der Waals surface area contributed by atoms with E-state index in [2.05, 4.69) is 16.2 Å². The van der Waals surface area contributed by atoms with Gasteiger partial charge in [0.25, 0.3) is 17.7 Å². The second-order valence-corrected chi connectivity index (χ2v) is 8.47. The maximum absolute atomic E-state index is 12.4. The van der Waals surface area contributed by atoms with Crippen molar-refractivity contribution in [3.8, 4) is 5.75 Å². The van der Waals surface area contributed by atoms with Gasteiger partial charge in [-0.1, -0.05) is 54.1 Å². The van der Waals surface area contributed by atoms with E-state index < -0.39 is 17.8 Å². The van der Waals surface area contributed by atoms with Crippen LogP contribution in [0.1, 0.15) is 42.2 Å². The number of nitrogens with one attached hydrogen (secondary N) is 3. The SMILES string of the molecule is Cc1ccc(C(=O)Nc2ccc(C(=O)NNC(=O)/C=C/c3ccccc3OC(=O)c3ccccc3)cc2)cc1. The van der Waals surface area contributed by atoms with Crippen molar-refractivity contribution in [3.63, 3.8) is 0 Å². The lowest BCUT2D eigenvalue weighted by Gasteiger charge is -2.09. The second kappa shape index (κ2) is 12.6. The number of hydrogen-bond donors (Lipinski definition) is 3. The van der Waals surface area contributed by atoms with E-state index in [1.54, 1.807) is 78.9 Å². The summed E-state index contributed by atoms with van der Waals surface area (Å²) in [6.07, 6.45) is 2.68. The van der Waals surface area contributed by atoms with Crippen molar-refractivity contribution < 1.29 is 23.9 Å². The molecule has 4 aromatic rings. The van der Waals surface area contributed by atoms with Crippen LogP contribution in [0.4, 0.5) is 5.69 Å². The molecule has 4 aromatic carbocycles. The lowest BCUT2D eigenvalue weighted by Crippen LogP contribution is -2.40. The lowest BCUT2D eigenvalue weighted by molar-refractivity contribution is -0.117. The van der Waals surface area contributed by atoms with E-state index in [0.717, 1.165) is 5.56 Å². The molecule has 8 heteroatoms. The first kappa shape index (κ1) is 26.6. The number of carbonyl (C=O) groups excluding carboxylic acids is 4. The Labute approximate surface area is 225 Å². The highest BCUT2D eigenvalue weighted by Gasteiger charge is 2.11. The zero-order chi connectivity index (χ0) is 27.6. The molecule has 194 valence electrons. The van der Waals surface area contributed by atoms with E-state index in [9.17, 15) is 19.2 Å². The molecule has 4 rings (SSSR count). The summed E-state index contributed by atoms with van der Waals surface area (Å²) in [4.78, 5) is 49.4. The van der Waals surface area contributed by atoms with Crippen LogP contribution in [0, 0.1) is 6.92 Å². The summed E-state index contributed by atoms with van der Waals surface area (Å²) in [6, 6.07) is 28.7. The normalized spacial score (nSPS) is 10.5. The number of hydrogen-bond acceptors (Lipinski definition) is 5. The van der Waals surface area contributed by atoms with Gasteiger partial charge in [0.2, 0.25) is 0 Å². The largest absolute Gasteiger partial charge is 0.422 e. The third kappa shape index (κ3) is 7.50. The Morgan fingerprint density at radius 3 is 1.97 bits per heavy atom. The molecule has 0 heterocycles. The molecule has 0 aliphatic rings. The van der Waals surface area contributed by atoms with Crippen LogP contribution in [0.15, 0.2) is 109 Å². The average Bonchev–Trinajstić information content (AvgIpc) is 2.96. The van der Waals surface area contributed by atoms with Crippen LogP contribution in [0.3, 0.4) is 0 Å². The summed E-state index contributed by atoms with van der Waals surface area (Å²) >= 11 is 0. The summed E-state index contributed by atoms with van der Waals surface area (Å²) in [5.74, 6) is -1.62. The van der Waals surface area contributed by atoms with Crippen molar-refractivity contribution in [1.82, 2.24) is 10.9 Å². The molecule has 0 aliphatic carbocycles. The van der Waals surface area contributed by atoms with Crippen LogP contribution < -0.4 is 20.9 Å². The highest BCUT2D eigenvalue weighted by atomic mass is 16.5. The molecule has 39 heavy (non-hydrogen) atoms. The Morgan fingerprint density at radius 1 is 0.641 bits per heavy atom. The smallest absolute Gasteiger partial charge is 0.343 e. The third-order valence-electron chi connectivity index (χ3n) is 5.56. The lowest BCUT2D eigenvalue weighted by atomic mass is 10.1. The number of esters is 1. The number of aryl methyl sites for hydroxylation is 1. The average molecular weight is 520 g/mol. The number of carbonyl (C=O) groups is 4. The first-order valence-corrected chi connectivity index (χ1v) is 12.0. The van der Waals surface area contributed by atoms with Gasteiger partial charge in [-0.2, -0.15) is 0 Å². The van der Waals surface area contributed by atoms with Crippen LogP contribution >= 0.6 is 0 Å². The van der Waals surface area contributed by atoms with Crippen molar-refractivity contribution >= 4 is 35.5 Å². The Morgan fingerprint density at radius 2 is 1.26 bits per heavy atom. The maximum Gasteiger partial charge on any atom is 0.343 e. The summed E-state index contributed by atoms with van der Waals surface area (Å²) in [5, 5.41) is 2.77. The van der Waals surface area contributed by atoms with Gasteiger partial charge in [-0.15, -0.1) is 0 Å². The molecule has 0 bridgehead atoms. The number of rotatable bonds is 7. The van der Waals surface area contributed by atoms with Crippen LogP contribution in [0.25, 0.3) is 6.08 Å². The second-order valence-electron chi connectivity index (χ2n) is 8.47. The molecule has 0 atom stereocenters. The number of hydrazine groups is 1. The molecule has 3 N–H and O–H groups in total. The summed E-state index contributed by atoms with van der Waals surface area (Å²) in [5.41, 5.74) is 7.93. The molecule has 0 spiro atoms. The highest BCUT2D eigenvalue weighted by Crippen LogP contribution is 2.21. The molecule has 0 radical (unpaired) electrons. The van der Waals surface area contributed by atoms with Crippen LogP contribution in [-0.4, -0.2) is 23.7 Å². The maximum atomic E-state index is 12.4. The van der Waals surface area contributed by atoms with Gasteiger partial charge in [-0.05, 0) is 67.6 Å². The quantitative estimate of drug-likeness (QED) is 0.139. The van der Waals surface area contributed by atoms with Gasteiger partial charge in [-0.3, -0.25) is 25.2 Å². The predicted molar refractivity (Wildman–Crippen MR) is 148 cm³/mol. The molecule has 3 amide bonds. The molecule has 8 nitrogen and oxygen atoms in total. The molecular weight excluding hydrogens is 494 g/mol. The Kier molecular flexibility index (Phi) is 8.61. The van der Waals surface area contributed by atoms with E-state index in [-0.39, 0.29) is 17.2 Å². The van der Waals surface area contributed by atoms with Crippen molar-refractivity contribution in [3.05, 3.63) is 137 Å². The highest BCUT2D eigenvalue weighted by molar-refractivity contribution is 6.04. The summed E-state index contributed by atoms with van der Waals surface area (Å²) in [7, 11) is 0. The molecule has 0 fully saturated rings. The van der Waals surface area contributed by atoms with Crippen LogP contribution in [0.5, 0.6) is 5.75 Å². The van der Waals surface area contributed by atoms with E-state index in [1.807, 2.05) is 19.1 Å². The molecule has 0 unspecified atom stereocenters. The van der Waals surface area contributed by atoms with Gasteiger partial charge in [0, 0.05) is 28.5 Å². The molecule has 0 saturated carbocycles. The van der Waals surface area contributed by atoms with Gasteiger partial charge >= 0.3 is 5.97 Å². The zero-order valence-corrected chi connectivity index (χ0v) is 21.0. The minimum absolute atomic E-state index is 0.261. The minimum atomic E-state index is -0.588.